The number of carbonyl (C=O) groups is 1. The summed E-state index contributed by atoms with van der Waals surface area (Å²) >= 11 is 7.28. The zero-order chi connectivity index (χ0) is 22.5. The van der Waals surface area contributed by atoms with E-state index in [0.717, 1.165) is 11.5 Å². The molecule has 6 nitrogen and oxygen atoms in total. The predicted molar refractivity (Wildman–Crippen MR) is 117 cm³/mol. The number of aromatic nitrogens is 3. The molecular formula is C21H21ClF2N4O2S. The van der Waals surface area contributed by atoms with E-state index in [4.69, 9.17) is 11.6 Å². The molecule has 0 N–H and O–H groups in total. The van der Waals surface area contributed by atoms with Gasteiger partial charge in [0.05, 0.1) is 11.8 Å². The van der Waals surface area contributed by atoms with Gasteiger partial charge in [-0.3, -0.25) is 14.3 Å². The van der Waals surface area contributed by atoms with Gasteiger partial charge < -0.3 is 4.74 Å². The minimum atomic E-state index is -2.91. The number of carbonyl (C=O) groups excluding carboxylic acids is 1. The number of nitrogens with zero attached hydrogens (tertiary/aromatic N) is 4. The minimum Gasteiger partial charge on any atom is -0.435 e. The van der Waals surface area contributed by atoms with Gasteiger partial charge in [0.15, 0.2) is 16.8 Å². The van der Waals surface area contributed by atoms with Crippen LogP contribution >= 0.6 is 23.4 Å². The van der Waals surface area contributed by atoms with Gasteiger partial charge in [-0.05, 0) is 69.6 Å². The SMILES string of the molecule is CC(c1nnc(SCC(=O)c2ccc(OC(F)F)cc2)n1-c1ccc(Cl)cc1)N(C)C. The maximum atomic E-state index is 12.6. The third-order valence-electron chi connectivity index (χ3n) is 4.63. The van der Waals surface area contributed by atoms with Gasteiger partial charge in [0, 0.05) is 16.3 Å². The van der Waals surface area contributed by atoms with Crippen molar-refractivity contribution >= 4 is 29.1 Å². The zero-order valence-corrected chi connectivity index (χ0v) is 18.7. The van der Waals surface area contributed by atoms with Gasteiger partial charge in [0.25, 0.3) is 0 Å². The fourth-order valence-electron chi connectivity index (χ4n) is 2.74. The Bertz CT molecular complexity index is 1030. The van der Waals surface area contributed by atoms with Gasteiger partial charge in [-0.25, -0.2) is 0 Å². The molecule has 0 bridgehead atoms. The first kappa shape index (κ1) is 23.2. The molecular weight excluding hydrogens is 446 g/mol. The van der Waals surface area contributed by atoms with Gasteiger partial charge >= 0.3 is 6.61 Å². The molecule has 1 aromatic heterocycles. The van der Waals surface area contributed by atoms with Crippen molar-refractivity contribution in [1.82, 2.24) is 19.7 Å². The van der Waals surface area contributed by atoms with Crippen LogP contribution in [0.2, 0.25) is 5.02 Å². The number of ketones is 1. The molecule has 31 heavy (non-hydrogen) atoms. The fourth-order valence-corrected chi connectivity index (χ4v) is 3.72. The number of ether oxygens (including phenoxy) is 1. The molecule has 0 fully saturated rings. The third-order valence-corrected chi connectivity index (χ3v) is 5.81. The van der Waals surface area contributed by atoms with Crippen LogP contribution in [0.1, 0.15) is 29.1 Å². The Balaban J connectivity index is 1.81. The number of hydrogen-bond donors (Lipinski definition) is 0. The van der Waals surface area contributed by atoms with E-state index in [0.29, 0.717) is 15.7 Å². The monoisotopic (exact) mass is 466 g/mol. The zero-order valence-electron chi connectivity index (χ0n) is 17.1. The van der Waals surface area contributed by atoms with Crippen molar-refractivity contribution < 1.29 is 18.3 Å². The van der Waals surface area contributed by atoms with Crippen molar-refractivity contribution in [2.75, 3.05) is 19.8 Å². The Kier molecular flexibility index (Phi) is 7.64. The van der Waals surface area contributed by atoms with E-state index in [-0.39, 0.29) is 23.3 Å². The highest BCUT2D eigenvalue weighted by molar-refractivity contribution is 7.99. The topological polar surface area (TPSA) is 60.2 Å². The van der Waals surface area contributed by atoms with Crippen LogP contribution in [0.4, 0.5) is 8.78 Å². The normalized spacial score (nSPS) is 12.4. The summed E-state index contributed by atoms with van der Waals surface area (Å²) in [6.45, 7) is -0.894. The number of benzene rings is 2. The summed E-state index contributed by atoms with van der Waals surface area (Å²) in [5, 5.41) is 9.82. The van der Waals surface area contributed by atoms with Gasteiger partial charge in [-0.1, -0.05) is 23.4 Å². The van der Waals surface area contributed by atoms with Gasteiger partial charge in [0.1, 0.15) is 5.75 Å². The molecule has 3 rings (SSSR count). The molecule has 0 amide bonds. The van der Waals surface area contributed by atoms with E-state index in [2.05, 4.69) is 14.9 Å². The van der Waals surface area contributed by atoms with Crippen LogP contribution in [0.5, 0.6) is 5.75 Å². The molecule has 0 aliphatic rings. The standard InChI is InChI=1S/C21H21ClF2N4O2S/c1-13(27(2)3)19-25-26-21(28(19)16-8-6-15(22)7-9-16)31-12-18(29)14-4-10-17(11-5-14)30-20(23)24/h4-11,13,20H,12H2,1-3H3. The van der Waals surface area contributed by atoms with Crippen LogP contribution in [-0.4, -0.2) is 51.9 Å². The van der Waals surface area contributed by atoms with Crippen molar-refractivity contribution in [3.8, 4) is 11.4 Å². The van der Waals surface area contributed by atoms with Crippen molar-refractivity contribution in [2.45, 2.75) is 24.7 Å². The van der Waals surface area contributed by atoms with E-state index in [9.17, 15) is 13.6 Å². The fraction of sp³-hybridized carbons (Fsp3) is 0.286. The highest BCUT2D eigenvalue weighted by Gasteiger charge is 2.21. The number of hydrogen-bond acceptors (Lipinski definition) is 6. The average molecular weight is 467 g/mol. The van der Waals surface area contributed by atoms with Crippen molar-refractivity contribution in [1.29, 1.82) is 0 Å². The molecule has 0 radical (unpaired) electrons. The summed E-state index contributed by atoms with van der Waals surface area (Å²) in [6, 6.07) is 12.9. The first-order chi connectivity index (χ1) is 14.8. The van der Waals surface area contributed by atoms with Crippen LogP contribution in [0.15, 0.2) is 53.7 Å². The molecule has 2 aromatic carbocycles. The third kappa shape index (κ3) is 5.81. The maximum Gasteiger partial charge on any atom is 0.387 e. The lowest BCUT2D eigenvalue weighted by atomic mass is 10.1. The van der Waals surface area contributed by atoms with Crippen molar-refractivity contribution in [3.05, 3.63) is 64.9 Å². The number of thioether (sulfide) groups is 1. The Morgan fingerprint density at radius 1 is 1.13 bits per heavy atom. The van der Waals surface area contributed by atoms with Crippen molar-refractivity contribution in [2.24, 2.45) is 0 Å². The summed E-state index contributed by atoms with van der Waals surface area (Å²) < 4.78 is 30.8. The largest absolute Gasteiger partial charge is 0.435 e. The van der Waals surface area contributed by atoms with Crippen LogP contribution in [0.3, 0.4) is 0 Å². The average Bonchev–Trinajstić information content (AvgIpc) is 3.15. The van der Waals surface area contributed by atoms with Crippen LogP contribution < -0.4 is 4.74 Å². The Morgan fingerprint density at radius 2 is 1.77 bits per heavy atom. The smallest absolute Gasteiger partial charge is 0.387 e. The molecule has 0 saturated carbocycles. The van der Waals surface area contributed by atoms with Gasteiger partial charge in [0.2, 0.25) is 0 Å². The van der Waals surface area contributed by atoms with Crippen LogP contribution in [0, 0.1) is 0 Å². The summed E-state index contributed by atoms with van der Waals surface area (Å²) in [4.78, 5) is 14.6. The van der Waals surface area contributed by atoms with E-state index in [1.165, 1.54) is 36.0 Å². The Morgan fingerprint density at radius 3 is 2.35 bits per heavy atom. The number of halogens is 3. The Labute approximate surface area is 188 Å². The van der Waals surface area contributed by atoms with E-state index in [1.54, 1.807) is 12.1 Å². The lowest BCUT2D eigenvalue weighted by Gasteiger charge is -2.20. The molecule has 0 spiro atoms. The van der Waals surface area contributed by atoms with Crippen LogP contribution in [-0.2, 0) is 0 Å². The second-order valence-corrected chi connectivity index (χ2v) is 8.29. The summed E-state index contributed by atoms with van der Waals surface area (Å²) in [6.07, 6.45) is 0. The number of Topliss-reactive ketones (excluding diaryl/α,β-unsaturated/α-hetero) is 1. The van der Waals surface area contributed by atoms with Gasteiger partial charge in [-0.15, -0.1) is 10.2 Å². The molecule has 3 aromatic rings. The summed E-state index contributed by atoms with van der Waals surface area (Å²) in [7, 11) is 3.90. The van der Waals surface area contributed by atoms with E-state index < -0.39 is 6.61 Å². The van der Waals surface area contributed by atoms with Crippen LogP contribution in [0.25, 0.3) is 5.69 Å². The minimum absolute atomic E-state index is 0.00370. The predicted octanol–water partition coefficient (Wildman–Crippen LogP) is 5.12. The van der Waals surface area contributed by atoms with Crippen molar-refractivity contribution in [3.63, 3.8) is 0 Å². The lowest BCUT2D eigenvalue weighted by molar-refractivity contribution is -0.0498. The molecule has 1 heterocycles. The second kappa shape index (κ2) is 10.2. The maximum absolute atomic E-state index is 12.6. The molecule has 0 aliphatic carbocycles. The molecule has 10 heteroatoms. The quantitative estimate of drug-likeness (QED) is 0.322. The Hall–Kier alpha value is -2.49. The number of rotatable bonds is 9. The summed E-state index contributed by atoms with van der Waals surface area (Å²) in [5.41, 5.74) is 1.23. The number of alkyl halides is 2. The molecule has 1 atom stereocenters. The molecule has 164 valence electrons. The second-order valence-electron chi connectivity index (χ2n) is 6.91. The summed E-state index contributed by atoms with van der Waals surface area (Å²) in [5.74, 6) is 0.679. The lowest BCUT2D eigenvalue weighted by Crippen LogP contribution is -2.20. The highest BCUT2D eigenvalue weighted by atomic mass is 35.5. The first-order valence-corrected chi connectivity index (χ1v) is 10.7. The van der Waals surface area contributed by atoms with Gasteiger partial charge in [-0.2, -0.15) is 8.78 Å². The van der Waals surface area contributed by atoms with E-state index >= 15 is 0 Å². The molecule has 1 unspecified atom stereocenters. The molecule has 0 aliphatic heterocycles. The molecule has 0 saturated heterocycles. The highest BCUT2D eigenvalue weighted by Crippen LogP contribution is 2.28. The van der Waals surface area contributed by atoms with E-state index in [1.807, 2.05) is 42.6 Å². The first-order valence-electron chi connectivity index (χ1n) is 9.35.